The first-order valence-electron chi connectivity index (χ1n) is 8.56. The van der Waals surface area contributed by atoms with Gasteiger partial charge in [-0.15, -0.1) is 0 Å². The van der Waals surface area contributed by atoms with Crippen LogP contribution in [0.5, 0.6) is 0 Å². The third-order valence-corrected chi connectivity index (χ3v) is 9.42. The van der Waals surface area contributed by atoms with E-state index in [1.807, 2.05) is 0 Å². The van der Waals surface area contributed by atoms with Crippen LogP contribution in [0.2, 0.25) is 0 Å². The maximum atomic E-state index is 13.3. The van der Waals surface area contributed by atoms with Crippen molar-refractivity contribution in [1.29, 1.82) is 5.26 Å². The van der Waals surface area contributed by atoms with Crippen molar-refractivity contribution in [3.05, 3.63) is 40.7 Å². The lowest BCUT2D eigenvalue weighted by atomic mass is 9.77. The summed E-state index contributed by atoms with van der Waals surface area (Å²) in [4.78, 5) is 3.63. The molecule has 1 aromatic carbocycles. The van der Waals surface area contributed by atoms with E-state index >= 15 is 0 Å². The number of alkyl halides is 3. The van der Waals surface area contributed by atoms with Crippen molar-refractivity contribution in [2.75, 3.05) is 10.8 Å². The Bertz CT molecular complexity index is 1010. The molecule has 1 saturated heterocycles. The van der Waals surface area contributed by atoms with E-state index in [1.165, 1.54) is 12.1 Å². The number of nitrogens with zero attached hydrogens (tertiary/aromatic N) is 3. The van der Waals surface area contributed by atoms with Gasteiger partial charge in [0.05, 0.1) is 27.6 Å². The van der Waals surface area contributed by atoms with Crippen LogP contribution in [0.25, 0.3) is 4.85 Å². The molecule has 2 saturated carbocycles. The highest BCUT2D eigenvalue weighted by molar-refractivity contribution is 7.94. The molecule has 0 amide bonds. The normalized spacial score (nSPS) is 36.3. The van der Waals surface area contributed by atoms with Crippen LogP contribution in [-0.4, -0.2) is 25.8 Å². The number of benzene rings is 1. The fourth-order valence-electron chi connectivity index (χ4n) is 5.32. The molecular formula is C18H16F3N3O2S. The van der Waals surface area contributed by atoms with Gasteiger partial charge in [0.25, 0.3) is 0 Å². The molecule has 3 aliphatic rings. The van der Waals surface area contributed by atoms with Crippen molar-refractivity contribution in [3.63, 3.8) is 0 Å². The van der Waals surface area contributed by atoms with Gasteiger partial charge in [0.2, 0.25) is 16.1 Å². The third kappa shape index (κ3) is 2.18. The minimum Gasteiger partial charge on any atom is -0.313 e. The first-order valence-corrected chi connectivity index (χ1v) is 10.00. The number of halogens is 3. The monoisotopic (exact) mass is 395 g/mol. The topological polar surface area (TPSA) is 65.5 Å². The van der Waals surface area contributed by atoms with Gasteiger partial charge < -0.3 is 4.85 Å². The van der Waals surface area contributed by atoms with Crippen molar-refractivity contribution in [2.24, 2.45) is 17.8 Å². The summed E-state index contributed by atoms with van der Waals surface area (Å²) in [6.07, 6.45) is -3.55. The van der Waals surface area contributed by atoms with E-state index in [0.717, 1.165) is 16.4 Å². The minimum absolute atomic E-state index is 0.0438. The Morgan fingerprint density at radius 1 is 1.37 bits per heavy atom. The summed E-state index contributed by atoms with van der Waals surface area (Å²) >= 11 is 0. The van der Waals surface area contributed by atoms with Gasteiger partial charge in [-0.1, -0.05) is 0 Å². The second-order valence-corrected chi connectivity index (χ2v) is 9.97. The maximum Gasteiger partial charge on any atom is 0.417 e. The van der Waals surface area contributed by atoms with Gasteiger partial charge in [0, 0.05) is 24.8 Å². The summed E-state index contributed by atoms with van der Waals surface area (Å²) in [7, 11) is -3.88. The molecule has 1 aliphatic heterocycles. The van der Waals surface area contributed by atoms with Crippen LogP contribution in [0.1, 0.15) is 30.9 Å². The standard InChI is InChI=1S/C18H16F3N3O2S/c1-17-11-5-13(16(6-11)23-2)15(17)9-24(27(17,25)26)12-4-3-10(8-22)14(7-12)18(19,20)21/h3-4,7,11,13,15-16H,5-6,9H2,1H3/t11-,13-,15-,16+,17+/m0/s1. The van der Waals surface area contributed by atoms with E-state index < -0.39 is 32.1 Å². The molecule has 0 aromatic heterocycles. The average molecular weight is 395 g/mol. The van der Waals surface area contributed by atoms with E-state index in [2.05, 4.69) is 4.85 Å². The first-order chi connectivity index (χ1) is 12.6. The fraction of sp³-hybridized carbons (Fsp3) is 0.556. The summed E-state index contributed by atoms with van der Waals surface area (Å²) in [5.41, 5.74) is -1.75. The second-order valence-electron chi connectivity index (χ2n) is 7.69. The summed E-state index contributed by atoms with van der Waals surface area (Å²) < 4.78 is 66.4. The van der Waals surface area contributed by atoms with Gasteiger partial charge in [-0.05, 0) is 37.5 Å². The first kappa shape index (κ1) is 18.1. The zero-order chi connectivity index (χ0) is 19.8. The van der Waals surface area contributed by atoms with E-state index in [0.29, 0.717) is 12.8 Å². The molecule has 4 rings (SSSR count). The Kier molecular flexibility index (Phi) is 3.61. The van der Waals surface area contributed by atoms with Crippen molar-refractivity contribution in [2.45, 2.75) is 36.7 Å². The molecular weight excluding hydrogens is 379 g/mol. The molecule has 1 aromatic rings. The molecule has 0 unspecified atom stereocenters. The number of fused-ring (bicyclic) bond motifs is 5. The van der Waals surface area contributed by atoms with Gasteiger partial charge in [0.15, 0.2) is 0 Å². The lowest BCUT2D eigenvalue weighted by Gasteiger charge is -2.33. The van der Waals surface area contributed by atoms with Crippen molar-refractivity contribution >= 4 is 15.7 Å². The van der Waals surface area contributed by atoms with E-state index in [4.69, 9.17) is 11.8 Å². The van der Waals surface area contributed by atoms with E-state index in [1.54, 1.807) is 6.92 Å². The summed E-state index contributed by atoms with van der Waals surface area (Å²) in [5, 5.41) is 8.94. The Hall–Kier alpha value is -2.26. The van der Waals surface area contributed by atoms with Crippen LogP contribution in [0, 0.1) is 35.7 Å². The van der Waals surface area contributed by atoms with Crippen LogP contribution >= 0.6 is 0 Å². The number of nitriles is 1. The number of anilines is 1. The fourth-order valence-corrected chi connectivity index (χ4v) is 7.79. The average Bonchev–Trinajstić information content (AvgIpc) is 3.21. The Labute approximate surface area is 155 Å². The lowest BCUT2D eigenvalue weighted by molar-refractivity contribution is -0.137. The van der Waals surface area contributed by atoms with E-state index in [-0.39, 0.29) is 36.0 Å². The van der Waals surface area contributed by atoms with Crippen molar-refractivity contribution in [3.8, 4) is 6.07 Å². The molecule has 9 heteroatoms. The molecule has 3 fully saturated rings. The zero-order valence-corrected chi connectivity index (χ0v) is 15.2. The third-order valence-electron chi connectivity index (χ3n) is 6.73. The maximum absolute atomic E-state index is 13.3. The molecule has 1 heterocycles. The summed E-state index contributed by atoms with van der Waals surface area (Å²) in [5.74, 6) is -0.467. The summed E-state index contributed by atoms with van der Waals surface area (Å²) in [6.45, 7) is 9.08. The van der Waals surface area contributed by atoms with Crippen LogP contribution in [0.3, 0.4) is 0 Å². The van der Waals surface area contributed by atoms with Gasteiger partial charge in [-0.3, -0.25) is 4.31 Å². The Balaban J connectivity index is 1.80. The number of sulfonamides is 1. The number of hydrogen-bond donors (Lipinski definition) is 0. The molecule has 0 spiro atoms. The molecule has 27 heavy (non-hydrogen) atoms. The number of hydrogen-bond acceptors (Lipinski definition) is 3. The van der Waals surface area contributed by atoms with Gasteiger partial charge >= 0.3 is 6.18 Å². The zero-order valence-electron chi connectivity index (χ0n) is 14.4. The molecule has 2 aliphatic carbocycles. The van der Waals surface area contributed by atoms with Crippen LogP contribution < -0.4 is 4.31 Å². The highest BCUT2D eigenvalue weighted by atomic mass is 32.2. The van der Waals surface area contributed by atoms with Crippen LogP contribution in [0.15, 0.2) is 18.2 Å². The van der Waals surface area contributed by atoms with Crippen molar-refractivity contribution in [1.82, 2.24) is 0 Å². The van der Waals surface area contributed by atoms with E-state index in [9.17, 15) is 21.6 Å². The minimum atomic E-state index is -4.75. The van der Waals surface area contributed by atoms with Gasteiger partial charge in [0.1, 0.15) is 0 Å². The van der Waals surface area contributed by atoms with Crippen LogP contribution in [-0.2, 0) is 16.2 Å². The molecule has 5 nitrogen and oxygen atoms in total. The van der Waals surface area contributed by atoms with Gasteiger partial charge in [-0.25, -0.2) is 15.0 Å². The molecule has 2 bridgehead atoms. The predicted molar refractivity (Wildman–Crippen MR) is 90.9 cm³/mol. The molecule has 0 radical (unpaired) electrons. The summed E-state index contributed by atoms with van der Waals surface area (Å²) in [6, 6.07) is 4.30. The highest BCUT2D eigenvalue weighted by Crippen LogP contribution is 2.63. The Morgan fingerprint density at radius 3 is 2.67 bits per heavy atom. The SMILES string of the molecule is [C-]#[N+][C@@H]1C[C@@H]2C[C@H]1[C@@H]1CN(c3ccc(C#N)c(C(F)(F)F)c3)S(=O)(=O)[C@]21C. The molecule has 5 atom stereocenters. The van der Waals surface area contributed by atoms with Gasteiger partial charge in [-0.2, -0.15) is 18.4 Å². The smallest absolute Gasteiger partial charge is 0.313 e. The predicted octanol–water partition coefficient (Wildman–Crippen LogP) is 3.43. The van der Waals surface area contributed by atoms with Crippen molar-refractivity contribution < 1.29 is 21.6 Å². The molecule has 0 N–H and O–H groups in total. The largest absolute Gasteiger partial charge is 0.417 e. The van der Waals surface area contributed by atoms with Crippen LogP contribution in [0.4, 0.5) is 18.9 Å². The second kappa shape index (κ2) is 5.39. The molecule has 142 valence electrons. The highest BCUT2D eigenvalue weighted by Gasteiger charge is 2.72. The Morgan fingerprint density at radius 2 is 2.07 bits per heavy atom. The lowest BCUT2D eigenvalue weighted by Crippen LogP contribution is -2.46. The quantitative estimate of drug-likeness (QED) is 0.685. The number of rotatable bonds is 1.